The number of hydrogen-bond donors (Lipinski definition) is 1. The molecule has 0 saturated carbocycles. The van der Waals surface area contributed by atoms with Crippen LogP contribution in [-0.2, 0) is 7.05 Å². The van der Waals surface area contributed by atoms with Crippen molar-refractivity contribution in [1.82, 2.24) is 9.78 Å². The fraction of sp³-hybridized carbons (Fsp3) is 0.300. The van der Waals surface area contributed by atoms with Crippen LogP contribution in [0.5, 0.6) is 0 Å². The number of aryl methyl sites for hydroxylation is 2. The van der Waals surface area contributed by atoms with Crippen molar-refractivity contribution in [2.24, 2.45) is 7.05 Å². The van der Waals surface area contributed by atoms with Crippen LogP contribution in [0.2, 0.25) is 0 Å². The Labute approximate surface area is 81.8 Å². The zero-order valence-corrected chi connectivity index (χ0v) is 8.14. The van der Waals surface area contributed by atoms with E-state index in [0.717, 1.165) is 16.9 Å². The Balaban J connectivity index is 2.28. The molecule has 0 aromatic carbocycles. The van der Waals surface area contributed by atoms with E-state index in [-0.39, 0.29) is 0 Å². The van der Waals surface area contributed by atoms with Crippen molar-refractivity contribution >= 4 is 0 Å². The number of aliphatic hydroxyl groups is 1. The highest BCUT2D eigenvalue weighted by atomic mass is 16.3. The average Bonchev–Trinajstić information content (AvgIpc) is 2.73. The molecule has 0 radical (unpaired) electrons. The van der Waals surface area contributed by atoms with Crippen LogP contribution in [0, 0.1) is 6.92 Å². The highest BCUT2D eigenvalue weighted by Gasteiger charge is 2.13. The minimum absolute atomic E-state index is 0.652. The van der Waals surface area contributed by atoms with Gasteiger partial charge in [-0.1, -0.05) is 0 Å². The molecule has 4 heteroatoms. The fourth-order valence-corrected chi connectivity index (χ4v) is 1.38. The number of nitrogens with zero attached hydrogens (tertiary/aromatic N) is 2. The summed E-state index contributed by atoms with van der Waals surface area (Å²) in [6.45, 7) is 1.85. The fourth-order valence-electron chi connectivity index (χ4n) is 1.38. The van der Waals surface area contributed by atoms with Crippen molar-refractivity contribution < 1.29 is 9.52 Å². The Morgan fingerprint density at radius 2 is 2.29 bits per heavy atom. The first-order valence-corrected chi connectivity index (χ1v) is 4.38. The van der Waals surface area contributed by atoms with Gasteiger partial charge in [0, 0.05) is 24.4 Å². The molecule has 2 aromatic heterocycles. The summed E-state index contributed by atoms with van der Waals surface area (Å²) in [7, 11) is 1.82. The lowest BCUT2D eigenvalue weighted by atomic mass is 10.1. The second-order valence-corrected chi connectivity index (χ2v) is 3.34. The van der Waals surface area contributed by atoms with Gasteiger partial charge < -0.3 is 9.52 Å². The summed E-state index contributed by atoms with van der Waals surface area (Å²) in [5.74, 6) is 0.794. The van der Waals surface area contributed by atoms with Crippen LogP contribution in [0.3, 0.4) is 0 Å². The summed E-state index contributed by atoms with van der Waals surface area (Å²) in [5.41, 5.74) is 1.53. The Bertz CT molecular complexity index is 391. The topological polar surface area (TPSA) is 51.2 Å². The van der Waals surface area contributed by atoms with Gasteiger partial charge >= 0.3 is 0 Å². The molecule has 0 saturated heterocycles. The van der Waals surface area contributed by atoms with Crippen LogP contribution in [0.25, 0.3) is 0 Å². The Hall–Kier alpha value is -1.55. The van der Waals surface area contributed by atoms with E-state index in [4.69, 9.17) is 4.42 Å². The number of furan rings is 1. The second-order valence-electron chi connectivity index (χ2n) is 3.34. The van der Waals surface area contributed by atoms with E-state index in [2.05, 4.69) is 5.10 Å². The molecule has 0 fully saturated rings. The molecule has 1 N–H and O–H groups in total. The molecular weight excluding hydrogens is 180 g/mol. The molecule has 14 heavy (non-hydrogen) atoms. The molecule has 0 bridgehead atoms. The molecule has 0 aliphatic heterocycles. The lowest BCUT2D eigenvalue weighted by molar-refractivity contribution is 0.219. The lowest BCUT2D eigenvalue weighted by Crippen LogP contribution is -1.96. The molecule has 0 aliphatic rings. The summed E-state index contributed by atoms with van der Waals surface area (Å²) >= 11 is 0. The minimum atomic E-state index is -0.652. The highest BCUT2D eigenvalue weighted by molar-refractivity contribution is 5.25. The van der Waals surface area contributed by atoms with Gasteiger partial charge in [-0.3, -0.25) is 4.68 Å². The van der Waals surface area contributed by atoms with Crippen molar-refractivity contribution in [3.05, 3.63) is 41.6 Å². The maximum absolute atomic E-state index is 9.91. The quantitative estimate of drug-likeness (QED) is 0.782. The third kappa shape index (κ3) is 1.56. The van der Waals surface area contributed by atoms with E-state index in [1.807, 2.05) is 20.0 Å². The van der Waals surface area contributed by atoms with Gasteiger partial charge in [-0.05, 0) is 13.0 Å². The first kappa shape index (κ1) is 9.02. The average molecular weight is 192 g/mol. The molecule has 2 heterocycles. The zero-order valence-electron chi connectivity index (χ0n) is 8.14. The van der Waals surface area contributed by atoms with E-state index >= 15 is 0 Å². The first-order chi connectivity index (χ1) is 6.66. The third-order valence-electron chi connectivity index (χ3n) is 2.11. The standard InChI is InChI=1S/C10H12N2O2/c1-7-3-8(6-14-7)10(13)9-4-11-12(2)5-9/h3-6,10,13H,1-2H3. The summed E-state index contributed by atoms with van der Waals surface area (Å²) in [4.78, 5) is 0. The van der Waals surface area contributed by atoms with Crippen LogP contribution in [0.15, 0.2) is 29.1 Å². The van der Waals surface area contributed by atoms with Crippen molar-refractivity contribution in [2.45, 2.75) is 13.0 Å². The van der Waals surface area contributed by atoms with E-state index in [9.17, 15) is 5.11 Å². The number of hydrogen-bond acceptors (Lipinski definition) is 3. The summed E-state index contributed by atoms with van der Waals surface area (Å²) in [6.07, 6.45) is 4.34. The largest absolute Gasteiger partial charge is 0.469 e. The van der Waals surface area contributed by atoms with Crippen molar-refractivity contribution in [2.75, 3.05) is 0 Å². The minimum Gasteiger partial charge on any atom is -0.469 e. The van der Waals surface area contributed by atoms with Gasteiger partial charge in [0.1, 0.15) is 11.9 Å². The monoisotopic (exact) mass is 192 g/mol. The molecule has 1 atom stereocenters. The number of aliphatic hydroxyl groups excluding tert-OH is 1. The maximum Gasteiger partial charge on any atom is 0.110 e. The van der Waals surface area contributed by atoms with Crippen LogP contribution in [0.1, 0.15) is 23.0 Å². The summed E-state index contributed by atoms with van der Waals surface area (Å²) < 4.78 is 6.78. The van der Waals surface area contributed by atoms with Gasteiger partial charge in [-0.25, -0.2) is 0 Å². The van der Waals surface area contributed by atoms with Crippen molar-refractivity contribution in [3.63, 3.8) is 0 Å². The second kappa shape index (κ2) is 3.31. The number of rotatable bonds is 2. The predicted molar refractivity (Wildman–Crippen MR) is 50.7 cm³/mol. The Morgan fingerprint density at radius 1 is 1.50 bits per heavy atom. The van der Waals surface area contributed by atoms with Crippen LogP contribution < -0.4 is 0 Å². The SMILES string of the molecule is Cc1cc(C(O)c2cnn(C)c2)co1. The molecule has 0 amide bonds. The van der Waals surface area contributed by atoms with Crippen LogP contribution >= 0.6 is 0 Å². The van der Waals surface area contributed by atoms with Gasteiger partial charge in [-0.2, -0.15) is 5.10 Å². The molecule has 74 valence electrons. The Morgan fingerprint density at radius 3 is 2.79 bits per heavy atom. The van der Waals surface area contributed by atoms with Gasteiger partial charge in [0.05, 0.1) is 12.5 Å². The summed E-state index contributed by atoms with van der Waals surface area (Å²) in [6, 6.07) is 1.82. The Kier molecular flexibility index (Phi) is 2.13. The lowest BCUT2D eigenvalue weighted by Gasteiger charge is -2.03. The van der Waals surface area contributed by atoms with Gasteiger partial charge in [0.15, 0.2) is 0 Å². The molecule has 2 rings (SSSR count). The molecular formula is C10H12N2O2. The predicted octanol–water partition coefficient (Wildman–Crippen LogP) is 1.40. The zero-order chi connectivity index (χ0) is 10.1. The highest BCUT2D eigenvalue weighted by Crippen LogP contribution is 2.22. The van der Waals surface area contributed by atoms with Crippen molar-refractivity contribution in [3.8, 4) is 0 Å². The molecule has 0 spiro atoms. The van der Waals surface area contributed by atoms with Gasteiger partial charge in [-0.15, -0.1) is 0 Å². The van der Waals surface area contributed by atoms with Gasteiger partial charge in [0.25, 0.3) is 0 Å². The van der Waals surface area contributed by atoms with E-state index in [1.165, 1.54) is 0 Å². The maximum atomic E-state index is 9.91. The van der Waals surface area contributed by atoms with Gasteiger partial charge in [0.2, 0.25) is 0 Å². The van der Waals surface area contributed by atoms with Crippen LogP contribution in [0.4, 0.5) is 0 Å². The van der Waals surface area contributed by atoms with Crippen molar-refractivity contribution in [1.29, 1.82) is 0 Å². The van der Waals surface area contributed by atoms with E-state index in [0.29, 0.717) is 0 Å². The first-order valence-electron chi connectivity index (χ1n) is 4.38. The molecule has 4 nitrogen and oxygen atoms in total. The van der Waals surface area contributed by atoms with E-state index < -0.39 is 6.10 Å². The summed E-state index contributed by atoms with van der Waals surface area (Å²) in [5, 5.41) is 13.9. The normalized spacial score (nSPS) is 13.1. The van der Waals surface area contributed by atoms with E-state index in [1.54, 1.807) is 23.3 Å². The third-order valence-corrected chi connectivity index (χ3v) is 2.11. The molecule has 2 aromatic rings. The smallest absolute Gasteiger partial charge is 0.110 e. The molecule has 1 unspecified atom stereocenters. The van der Waals surface area contributed by atoms with Crippen LogP contribution in [-0.4, -0.2) is 14.9 Å². The number of aromatic nitrogens is 2. The molecule has 0 aliphatic carbocycles.